The minimum absolute atomic E-state index is 0.0625. The second-order valence-corrected chi connectivity index (χ2v) is 7.42. The van der Waals surface area contributed by atoms with Crippen molar-refractivity contribution in [2.75, 3.05) is 13.1 Å². The van der Waals surface area contributed by atoms with Crippen molar-refractivity contribution in [2.45, 2.75) is 38.8 Å². The molecule has 0 radical (unpaired) electrons. The Labute approximate surface area is 160 Å². The van der Waals surface area contributed by atoms with E-state index in [4.69, 9.17) is 0 Å². The zero-order valence-corrected chi connectivity index (χ0v) is 15.7. The molecule has 0 saturated carbocycles. The molecule has 3 aromatic rings. The Morgan fingerprint density at radius 1 is 0.926 bits per heavy atom. The summed E-state index contributed by atoms with van der Waals surface area (Å²) in [5.41, 5.74) is 4.67. The Morgan fingerprint density at radius 2 is 1.67 bits per heavy atom. The summed E-state index contributed by atoms with van der Waals surface area (Å²) in [6.45, 7) is 3.93. The number of H-pyrrole nitrogens is 1. The highest BCUT2D eigenvalue weighted by Crippen LogP contribution is 2.19. The van der Waals surface area contributed by atoms with E-state index in [0.717, 1.165) is 23.0 Å². The van der Waals surface area contributed by atoms with E-state index < -0.39 is 0 Å². The van der Waals surface area contributed by atoms with Crippen LogP contribution in [0.5, 0.6) is 0 Å². The van der Waals surface area contributed by atoms with E-state index in [-0.39, 0.29) is 5.91 Å². The molecule has 1 fully saturated rings. The van der Waals surface area contributed by atoms with Crippen LogP contribution in [-0.2, 0) is 24.3 Å². The summed E-state index contributed by atoms with van der Waals surface area (Å²) in [5.74, 6) is 0.0625. The minimum Gasteiger partial charge on any atom is -0.361 e. The maximum atomic E-state index is 12.5. The maximum absolute atomic E-state index is 12.5. The number of carbonyl (C=O) groups is 1. The molecule has 0 unspecified atom stereocenters. The molecule has 1 amide bonds. The van der Waals surface area contributed by atoms with Crippen molar-refractivity contribution in [3.8, 4) is 0 Å². The molecule has 27 heavy (non-hydrogen) atoms. The number of rotatable bonds is 6. The van der Waals surface area contributed by atoms with E-state index in [1.54, 1.807) is 0 Å². The molecule has 0 atom stereocenters. The number of para-hydroxylation sites is 1. The molecule has 140 valence electrons. The van der Waals surface area contributed by atoms with Gasteiger partial charge in [-0.05, 0) is 48.7 Å². The lowest BCUT2D eigenvalue weighted by atomic mass is 10.0. The van der Waals surface area contributed by atoms with Gasteiger partial charge >= 0.3 is 0 Å². The van der Waals surface area contributed by atoms with Crippen LogP contribution in [0.4, 0.5) is 0 Å². The largest absolute Gasteiger partial charge is 0.361 e. The van der Waals surface area contributed by atoms with Gasteiger partial charge in [0.05, 0.1) is 6.42 Å². The molecule has 1 aliphatic rings. The average molecular weight is 361 g/mol. The third kappa shape index (κ3) is 4.40. The number of carbonyl (C=O) groups excluding carboxylic acids is 1. The molecule has 0 spiro atoms. The summed E-state index contributed by atoms with van der Waals surface area (Å²) in [6, 6.07) is 16.6. The van der Waals surface area contributed by atoms with Crippen molar-refractivity contribution >= 4 is 16.8 Å². The van der Waals surface area contributed by atoms with Crippen LogP contribution in [0.2, 0.25) is 0 Å². The fourth-order valence-electron chi connectivity index (χ4n) is 3.95. The number of nitrogens with one attached hydrogen (secondary N) is 2. The molecular weight excluding hydrogens is 334 g/mol. The number of aromatic amines is 1. The van der Waals surface area contributed by atoms with E-state index in [1.165, 1.54) is 43.5 Å². The number of likely N-dealkylation sites (tertiary alicyclic amines) is 1. The predicted molar refractivity (Wildman–Crippen MR) is 109 cm³/mol. The zero-order chi connectivity index (χ0) is 18.5. The zero-order valence-electron chi connectivity index (χ0n) is 15.7. The highest BCUT2D eigenvalue weighted by atomic mass is 16.1. The normalized spacial score (nSPS) is 15.1. The number of fused-ring (bicyclic) bond motifs is 1. The first-order valence-corrected chi connectivity index (χ1v) is 9.90. The minimum atomic E-state index is 0.0625. The lowest BCUT2D eigenvalue weighted by molar-refractivity contribution is -0.120. The lowest BCUT2D eigenvalue weighted by Crippen LogP contribution is -2.30. The summed E-state index contributed by atoms with van der Waals surface area (Å²) in [7, 11) is 0. The average Bonchev–Trinajstić information content (AvgIpc) is 3.11. The van der Waals surface area contributed by atoms with E-state index in [0.29, 0.717) is 13.0 Å². The van der Waals surface area contributed by atoms with Crippen molar-refractivity contribution in [3.05, 3.63) is 71.4 Å². The molecule has 4 nitrogen and oxygen atoms in total. The summed E-state index contributed by atoms with van der Waals surface area (Å²) >= 11 is 0. The smallest absolute Gasteiger partial charge is 0.224 e. The molecule has 4 heteroatoms. The summed E-state index contributed by atoms with van der Waals surface area (Å²) in [5, 5.41) is 4.23. The van der Waals surface area contributed by atoms with Crippen LogP contribution in [0.3, 0.4) is 0 Å². The SMILES string of the molecule is O=C(Cc1c[nH]c2ccccc12)NCc1ccccc1CN1CCCCC1. The predicted octanol–water partition coefficient (Wildman–Crippen LogP) is 4.01. The van der Waals surface area contributed by atoms with Crippen LogP contribution in [0.15, 0.2) is 54.7 Å². The van der Waals surface area contributed by atoms with E-state index >= 15 is 0 Å². The van der Waals surface area contributed by atoms with Gasteiger partial charge in [-0.15, -0.1) is 0 Å². The van der Waals surface area contributed by atoms with Crippen LogP contribution < -0.4 is 5.32 Å². The van der Waals surface area contributed by atoms with Crippen LogP contribution in [-0.4, -0.2) is 28.9 Å². The maximum Gasteiger partial charge on any atom is 0.224 e. The number of aromatic nitrogens is 1. The van der Waals surface area contributed by atoms with Crippen molar-refractivity contribution in [3.63, 3.8) is 0 Å². The van der Waals surface area contributed by atoms with Gasteiger partial charge in [-0.25, -0.2) is 0 Å². The van der Waals surface area contributed by atoms with Gasteiger partial charge in [-0.2, -0.15) is 0 Å². The molecule has 4 rings (SSSR count). The summed E-state index contributed by atoms with van der Waals surface area (Å²) in [6.07, 6.45) is 6.28. The first-order chi connectivity index (χ1) is 13.3. The van der Waals surface area contributed by atoms with Crippen molar-refractivity contribution in [1.82, 2.24) is 15.2 Å². The van der Waals surface area contributed by atoms with E-state index in [9.17, 15) is 4.79 Å². The van der Waals surface area contributed by atoms with E-state index in [1.807, 2.05) is 24.4 Å². The summed E-state index contributed by atoms with van der Waals surface area (Å²) < 4.78 is 0. The number of hydrogen-bond donors (Lipinski definition) is 2. The van der Waals surface area contributed by atoms with Gasteiger partial charge in [-0.3, -0.25) is 9.69 Å². The van der Waals surface area contributed by atoms with Crippen molar-refractivity contribution in [2.24, 2.45) is 0 Å². The Bertz CT molecular complexity index is 909. The number of amides is 1. The monoisotopic (exact) mass is 361 g/mol. The molecule has 1 aromatic heterocycles. The van der Waals surface area contributed by atoms with Crippen LogP contribution >= 0.6 is 0 Å². The molecule has 1 saturated heterocycles. The topological polar surface area (TPSA) is 48.1 Å². The molecule has 0 aliphatic carbocycles. The molecule has 2 N–H and O–H groups in total. The second-order valence-electron chi connectivity index (χ2n) is 7.42. The Balaban J connectivity index is 1.37. The van der Waals surface area contributed by atoms with Gasteiger partial charge in [0.25, 0.3) is 0 Å². The van der Waals surface area contributed by atoms with Gasteiger partial charge < -0.3 is 10.3 Å². The highest BCUT2D eigenvalue weighted by Gasteiger charge is 2.13. The number of hydrogen-bond acceptors (Lipinski definition) is 2. The quantitative estimate of drug-likeness (QED) is 0.697. The first kappa shape index (κ1) is 17.8. The molecule has 0 bridgehead atoms. The highest BCUT2D eigenvalue weighted by molar-refractivity contribution is 5.88. The number of nitrogens with zero attached hydrogens (tertiary/aromatic N) is 1. The van der Waals surface area contributed by atoms with Gasteiger partial charge in [0, 0.05) is 30.2 Å². The molecule has 2 aromatic carbocycles. The van der Waals surface area contributed by atoms with Crippen LogP contribution in [0.25, 0.3) is 10.9 Å². The number of benzene rings is 2. The Hall–Kier alpha value is -2.59. The summed E-state index contributed by atoms with van der Waals surface area (Å²) in [4.78, 5) is 18.3. The first-order valence-electron chi connectivity index (χ1n) is 9.90. The molecule has 2 heterocycles. The van der Waals surface area contributed by atoms with Gasteiger partial charge in [0.15, 0.2) is 0 Å². The Kier molecular flexibility index (Phi) is 5.54. The fraction of sp³-hybridized carbons (Fsp3) is 0.348. The lowest BCUT2D eigenvalue weighted by Gasteiger charge is -2.27. The van der Waals surface area contributed by atoms with Gasteiger partial charge in [0.1, 0.15) is 0 Å². The van der Waals surface area contributed by atoms with Gasteiger partial charge in [0.2, 0.25) is 5.91 Å². The van der Waals surface area contributed by atoms with Gasteiger partial charge in [-0.1, -0.05) is 48.9 Å². The molecule has 1 aliphatic heterocycles. The second kappa shape index (κ2) is 8.40. The standard InChI is InChI=1S/C23H27N3O/c27-23(14-20-16-24-22-11-5-4-10-21(20)22)25-15-18-8-2-3-9-19(18)17-26-12-6-1-7-13-26/h2-5,8-11,16,24H,1,6-7,12-15,17H2,(H,25,27). The molecular formula is C23H27N3O. The van der Waals surface area contributed by atoms with Crippen LogP contribution in [0, 0.1) is 0 Å². The van der Waals surface area contributed by atoms with Crippen LogP contribution in [0.1, 0.15) is 36.0 Å². The third-order valence-corrected chi connectivity index (χ3v) is 5.46. The number of piperidine rings is 1. The van der Waals surface area contributed by atoms with E-state index in [2.05, 4.69) is 45.5 Å². The van der Waals surface area contributed by atoms with Crippen molar-refractivity contribution < 1.29 is 4.79 Å². The Morgan fingerprint density at radius 3 is 2.52 bits per heavy atom. The fourth-order valence-corrected chi connectivity index (χ4v) is 3.95. The third-order valence-electron chi connectivity index (χ3n) is 5.46. The van der Waals surface area contributed by atoms with Crippen molar-refractivity contribution in [1.29, 1.82) is 0 Å².